The van der Waals surface area contributed by atoms with Crippen molar-refractivity contribution in [3.05, 3.63) is 63.1 Å². The lowest BCUT2D eigenvalue weighted by molar-refractivity contribution is -0.0530. The maximum Gasteiger partial charge on any atom is 0.340 e. The van der Waals surface area contributed by atoms with Crippen molar-refractivity contribution in [2.75, 3.05) is 51.8 Å². The highest BCUT2D eigenvalue weighted by Crippen LogP contribution is 2.55. The predicted molar refractivity (Wildman–Crippen MR) is 187 cm³/mol. The predicted octanol–water partition coefficient (Wildman–Crippen LogP) is 2.53. The minimum Gasteiger partial charge on any atom is -0.389 e. The summed E-state index contributed by atoms with van der Waals surface area (Å²) in [5, 5.41) is 25.1. The second kappa shape index (κ2) is 22.1. The van der Waals surface area contributed by atoms with Gasteiger partial charge in [0, 0.05) is 24.3 Å². The van der Waals surface area contributed by atoms with E-state index in [1.807, 2.05) is 0 Å². The fourth-order valence-corrected chi connectivity index (χ4v) is 7.23. The second-order valence-corrected chi connectivity index (χ2v) is 15.4. The van der Waals surface area contributed by atoms with Gasteiger partial charge in [0.05, 0.1) is 6.61 Å². The highest BCUT2D eigenvalue weighted by Gasteiger charge is 2.45. The molecule has 19 heteroatoms. The highest BCUT2D eigenvalue weighted by molar-refractivity contribution is 7.70. The number of rotatable bonds is 15. The van der Waals surface area contributed by atoms with E-state index in [1.54, 1.807) is 24.3 Å². The highest BCUT2D eigenvalue weighted by atomic mass is 35.5. The maximum atomic E-state index is 12.8. The van der Waals surface area contributed by atoms with Crippen molar-refractivity contribution < 1.29 is 48.1 Å². The van der Waals surface area contributed by atoms with Gasteiger partial charge in [-0.3, -0.25) is 18.3 Å². The first-order valence-electron chi connectivity index (χ1n) is 16.1. The molecule has 1 unspecified atom stereocenters. The molecule has 0 bridgehead atoms. The molecule has 0 radical (unpaired) electrons. The average Bonchev–Trinajstić information content (AvgIpc) is 3.33. The largest absolute Gasteiger partial charge is 0.389 e. The zero-order valence-electron chi connectivity index (χ0n) is 29.3. The Hall–Kier alpha value is -1.91. The Kier molecular flexibility index (Phi) is 20.4. The molecule has 0 aliphatic carbocycles. The van der Waals surface area contributed by atoms with Gasteiger partial charge in [0.2, 0.25) is 0 Å². The van der Waals surface area contributed by atoms with E-state index < -0.39 is 57.9 Å². The normalized spacial score (nSPS) is 20.8. The Morgan fingerprint density at radius 3 is 1.84 bits per heavy atom. The molecule has 0 amide bonds. The molecule has 5 N–H and O–H groups in total. The van der Waals surface area contributed by atoms with Crippen LogP contribution < -0.4 is 11.2 Å². The number of nitrogens with zero attached hydrogens (tertiary/aromatic N) is 5. The van der Waals surface area contributed by atoms with E-state index in [4.69, 9.17) is 31.0 Å². The Morgan fingerprint density at radius 1 is 0.878 bits per heavy atom. The molecule has 5 atom stereocenters. The molecule has 282 valence electrons. The van der Waals surface area contributed by atoms with Crippen molar-refractivity contribution in [1.29, 1.82) is 0 Å². The third-order valence-electron chi connectivity index (χ3n) is 7.64. The van der Waals surface area contributed by atoms with E-state index in [1.165, 1.54) is 58.6 Å². The number of ether oxygens (including phenoxy) is 1. The lowest BCUT2D eigenvalue weighted by atomic mass is 10.1. The third-order valence-corrected chi connectivity index (χ3v) is 11.3. The number of hydrogen-bond donors (Lipinski definition) is 5. The molecule has 2 aromatic rings. The van der Waals surface area contributed by atoms with Gasteiger partial charge in [-0.15, -0.1) is 0 Å². The zero-order valence-corrected chi connectivity index (χ0v) is 31.9. The Morgan fingerprint density at radius 2 is 1.39 bits per heavy atom. The molecule has 2 heterocycles. The summed E-state index contributed by atoms with van der Waals surface area (Å²) >= 11 is 5.83. The van der Waals surface area contributed by atoms with Crippen LogP contribution in [0.4, 0.5) is 0 Å². The smallest absolute Gasteiger partial charge is 0.340 e. The van der Waals surface area contributed by atoms with E-state index in [0.717, 1.165) is 14.7 Å². The van der Waals surface area contributed by atoms with E-state index >= 15 is 0 Å². The van der Waals surface area contributed by atoms with Crippen LogP contribution in [0.25, 0.3) is 0 Å². The van der Waals surface area contributed by atoms with Crippen LogP contribution in [0.2, 0.25) is 5.02 Å². The quantitative estimate of drug-likeness (QED) is 0.131. The van der Waals surface area contributed by atoms with Gasteiger partial charge in [-0.1, -0.05) is 70.4 Å². The number of aromatic nitrogens is 2. The molecule has 1 saturated heterocycles. The molecule has 49 heavy (non-hydrogen) atoms. The van der Waals surface area contributed by atoms with Gasteiger partial charge in [0.15, 0.2) is 17.6 Å². The summed E-state index contributed by atoms with van der Waals surface area (Å²) in [4.78, 5) is 50.1. The molecular weight excluding hydrogens is 704 g/mol. The molecule has 1 aromatic heterocycles. The van der Waals surface area contributed by atoms with Crippen molar-refractivity contribution in [2.45, 2.75) is 72.7 Å². The molecule has 0 saturated carbocycles. The van der Waals surface area contributed by atoms with E-state index in [2.05, 4.69) is 61.0 Å². The molecule has 1 aliphatic rings. The van der Waals surface area contributed by atoms with Gasteiger partial charge in [0.25, 0.3) is 0 Å². The number of halogens is 1. The first-order valence-corrected chi connectivity index (χ1v) is 20.1. The molecule has 0 spiro atoms. The lowest BCUT2D eigenvalue weighted by Gasteiger charge is -2.19. The molecule has 1 fully saturated rings. The minimum absolute atomic E-state index is 0.120. The maximum absolute atomic E-state index is 12.8. The van der Waals surface area contributed by atoms with Crippen molar-refractivity contribution >= 4 is 26.8 Å². The van der Waals surface area contributed by atoms with Crippen LogP contribution in [0.3, 0.4) is 0 Å². The number of benzene rings is 1. The van der Waals surface area contributed by atoms with Crippen LogP contribution in [-0.4, -0.2) is 114 Å². The number of aliphatic hydroxyl groups is 2. The molecular formula is C30H54ClN5O11P2. The summed E-state index contributed by atoms with van der Waals surface area (Å²) in [6.45, 7) is 19.6. The van der Waals surface area contributed by atoms with E-state index in [0.29, 0.717) is 5.02 Å². The van der Waals surface area contributed by atoms with E-state index in [-0.39, 0.29) is 12.1 Å². The third kappa shape index (κ3) is 15.9. The van der Waals surface area contributed by atoms with Crippen molar-refractivity contribution in [3.8, 4) is 0 Å². The van der Waals surface area contributed by atoms with Crippen molar-refractivity contribution in [2.24, 2.45) is 12.2 Å². The van der Waals surface area contributed by atoms with Gasteiger partial charge < -0.3 is 48.8 Å². The van der Waals surface area contributed by atoms with Crippen LogP contribution in [0.15, 0.2) is 46.5 Å². The monoisotopic (exact) mass is 757 g/mol. The van der Waals surface area contributed by atoms with Gasteiger partial charge in [-0.2, -0.15) is 0 Å². The first kappa shape index (κ1) is 45.1. The van der Waals surface area contributed by atoms with Gasteiger partial charge >= 0.3 is 20.9 Å². The Balaban J connectivity index is 0.000000717. The number of hydrogen-bond acceptors (Lipinski definition) is 11. The SMILES string of the molecule is CCN(CC)CC.CCN(CC)CC.Cn1c(=O)n([C@@H]2O[C@H](COP(=O)(O)CP(=O)(O)O)[C@@H](O)[C@H]2O)cc/c1=N/OCc1ccc(Cl)cc1. The van der Waals surface area contributed by atoms with Crippen LogP contribution in [-0.2, 0) is 36.9 Å². The van der Waals surface area contributed by atoms with Crippen molar-refractivity contribution in [3.63, 3.8) is 0 Å². The molecule has 3 rings (SSSR count). The molecule has 16 nitrogen and oxygen atoms in total. The van der Waals surface area contributed by atoms with E-state index in [9.17, 15) is 29.0 Å². The Labute approximate surface area is 293 Å². The summed E-state index contributed by atoms with van der Waals surface area (Å²) in [6, 6.07) is 8.29. The summed E-state index contributed by atoms with van der Waals surface area (Å²) < 4.78 is 34.9. The zero-order chi connectivity index (χ0) is 37.4. The van der Waals surface area contributed by atoms with Gasteiger partial charge in [0.1, 0.15) is 24.9 Å². The second-order valence-electron chi connectivity index (χ2n) is 10.9. The van der Waals surface area contributed by atoms with Crippen LogP contribution >= 0.6 is 26.8 Å². The summed E-state index contributed by atoms with van der Waals surface area (Å²) in [7, 11) is -8.15. The topological polar surface area (TPSA) is 209 Å². The number of aliphatic hydroxyl groups excluding tert-OH is 2. The van der Waals surface area contributed by atoms with Gasteiger partial charge in [-0.25, -0.2) is 4.79 Å². The summed E-state index contributed by atoms with van der Waals surface area (Å²) in [5.41, 5.74) is 0.257. The van der Waals surface area contributed by atoms with Crippen molar-refractivity contribution in [1.82, 2.24) is 18.9 Å². The van der Waals surface area contributed by atoms with Crippen LogP contribution in [0.5, 0.6) is 0 Å². The standard InChI is InChI=1S/C18H24ClN3O11P2.2C6H15N/c1-21-14(20-31-8-11-2-4-12(19)5-3-11)6-7-22(18(21)25)17-16(24)15(23)13(33-17)9-32-35(29,30)10-34(26,27)28;2*1-4-7(5-2)6-3/h2-7,13,15-17,23-24H,8-10H2,1H3,(H,29,30)(H2,26,27,28);2*4-6H2,1-3H3/b20-14-;;/t13-,15-,16-,17-;;/m1../s1. The molecule has 1 aromatic carbocycles. The summed E-state index contributed by atoms with van der Waals surface area (Å²) in [5.74, 6) is -1.42. The average molecular weight is 758 g/mol. The minimum atomic E-state index is -4.84. The molecule has 1 aliphatic heterocycles. The summed E-state index contributed by atoms with van der Waals surface area (Å²) in [6.07, 6.45) is -4.75. The van der Waals surface area contributed by atoms with Crippen LogP contribution in [0, 0.1) is 0 Å². The lowest BCUT2D eigenvalue weighted by Crippen LogP contribution is -2.42. The fraction of sp³-hybridized carbons (Fsp3) is 0.667. The Bertz CT molecular complexity index is 1440. The first-order chi connectivity index (χ1) is 23.0. The fourth-order valence-electron chi connectivity index (χ4n) is 4.53. The van der Waals surface area contributed by atoms with Crippen LogP contribution in [0.1, 0.15) is 53.3 Å². The van der Waals surface area contributed by atoms with Gasteiger partial charge in [-0.05, 0) is 57.0 Å².